The molecule has 0 spiro atoms. The molecule has 0 aromatic carbocycles. The molecular formula is C11H21NO4S. The molecular weight excluding hydrogens is 242 g/mol. The molecule has 3 atom stereocenters. The van der Waals surface area contributed by atoms with Crippen LogP contribution in [0.2, 0.25) is 0 Å². The first kappa shape index (κ1) is 14.4. The Balaban J connectivity index is 2.94. The van der Waals surface area contributed by atoms with E-state index in [-0.39, 0.29) is 6.04 Å². The molecule has 5 nitrogen and oxygen atoms in total. The van der Waals surface area contributed by atoms with Crippen molar-refractivity contribution >= 4 is 16.0 Å². The summed E-state index contributed by atoms with van der Waals surface area (Å²) in [7, 11) is -1.95. The minimum atomic E-state index is -3.49. The van der Waals surface area contributed by atoms with Crippen molar-refractivity contribution in [3.05, 3.63) is 0 Å². The largest absolute Gasteiger partial charge is 0.481 e. The van der Waals surface area contributed by atoms with Crippen LogP contribution in [-0.4, -0.2) is 42.1 Å². The van der Waals surface area contributed by atoms with Crippen LogP contribution in [0.15, 0.2) is 0 Å². The van der Waals surface area contributed by atoms with Gasteiger partial charge in [-0.05, 0) is 26.2 Å². The average Bonchev–Trinajstić information content (AvgIpc) is 2.76. The van der Waals surface area contributed by atoms with Crippen LogP contribution in [-0.2, 0) is 14.8 Å². The Morgan fingerprint density at radius 2 is 2.06 bits per heavy atom. The lowest BCUT2D eigenvalue weighted by Gasteiger charge is -2.28. The molecule has 1 fully saturated rings. The summed E-state index contributed by atoms with van der Waals surface area (Å²) in [5.74, 6) is -1.74. The van der Waals surface area contributed by atoms with E-state index >= 15 is 0 Å². The average molecular weight is 263 g/mol. The van der Waals surface area contributed by atoms with E-state index in [1.807, 2.05) is 13.8 Å². The number of carboxylic acids is 1. The molecule has 6 heteroatoms. The Hall–Kier alpha value is -0.620. The standard InChI is InChI=1S/C11H21NO4S/c1-4-8(2)12(3)17(15,16)10-7-5-6-9(10)11(13)14/h8-10H,4-7H2,1-3H3,(H,13,14). The van der Waals surface area contributed by atoms with Crippen LogP contribution in [0.5, 0.6) is 0 Å². The summed E-state index contributed by atoms with van der Waals surface area (Å²) in [6.07, 6.45) is 2.32. The first-order valence-electron chi connectivity index (χ1n) is 6.02. The lowest BCUT2D eigenvalue weighted by Crippen LogP contribution is -2.43. The Morgan fingerprint density at radius 3 is 2.53 bits per heavy atom. The lowest BCUT2D eigenvalue weighted by atomic mass is 10.1. The molecule has 3 unspecified atom stereocenters. The highest BCUT2D eigenvalue weighted by Crippen LogP contribution is 2.33. The number of hydrogen-bond acceptors (Lipinski definition) is 3. The molecule has 0 radical (unpaired) electrons. The van der Waals surface area contributed by atoms with Crippen molar-refractivity contribution in [2.45, 2.75) is 50.8 Å². The summed E-state index contributed by atoms with van der Waals surface area (Å²) in [5, 5.41) is 8.29. The molecule has 0 heterocycles. The molecule has 0 aromatic rings. The summed E-state index contributed by atoms with van der Waals surface area (Å²) in [6.45, 7) is 3.75. The van der Waals surface area contributed by atoms with Gasteiger partial charge in [0.2, 0.25) is 10.0 Å². The monoisotopic (exact) mass is 263 g/mol. The molecule has 0 amide bonds. The quantitative estimate of drug-likeness (QED) is 0.811. The zero-order chi connectivity index (χ0) is 13.2. The van der Waals surface area contributed by atoms with Crippen molar-refractivity contribution in [3.8, 4) is 0 Å². The summed E-state index contributed by atoms with van der Waals surface area (Å²) >= 11 is 0. The lowest BCUT2D eigenvalue weighted by molar-refractivity contribution is -0.141. The smallest absolute Gasteiger partial charge is 0.307 e. The van der Waals surface area contributed by atoms with Gasteiger partial charge in [-0.15, -0.1) is 0 Å². The van der Waals surface area contributed by atoms with Gasteiger partial charge in [-0.1, -0.05) is 13.3 Å². The van der Waals surface area contributed by atoms with Gasteiger partial charge in [0.15, 0.2) is 0 Å². The van der Waals surface area contributed by atoms with Gasteiger partial charge < -0.3 is 5.11 Å². The van der Waals surface area contributed by atoms with Gasteiger partial charge in [-0.2, -0.15) is 0 Å². The van der Waals surface area contributed by atoms with Crippen LogP contribution in [0, 0.1) is 5.92 Å². The van der Waals surface area contributed by atoms with E-state index in [4.69, 9.17) is 5.11 Å². The molecule has 17 heavy (non-hydrogen) atoms. The summed E-state index contributed by atoms with van der Waals surface area (Å²) in [4.78, 5) is 11.0. The molecule has 1 N–H and O–H groups in total. The van der Waals surface area contributed by atoms with Gasteiger partial charge in [-0.25, -0.2) is 12.7 Å². The summed E-state index contributed by atoms with van der Waals surface area (Å²) in [5.41, 5.74) is 0. The second kappa shape index (κ2) is 5.35. The zero-order valence-corrected chi connectivity index (χ0v) is 11.4. The minimum absolute atomic E-state index is 0.0879. The Labute approximate surface area is 103 Å². The third-order valence-electron chi connectivity index (χ3n) is 3.77. The number of nitrogens with zero attached hydrogens (tertiary/aromatic N) is 1. The molecule has 0 aliphatic heterocycles. The van der Waals surface area contributed by atoms with Crippen LogP contribution in [0.25, 0.3) is 0 Å². The molecule has 1 saturated carbocycles. The summed E-state index contributed by atoms with van der Waals surface area (Å²) in [6, 6.07) is -0.0879. The Bertz CT molecular complexity index is 379. The first-order chi connectivity index (χ1) is 7.82. The maximum absolute atomic E-state index is 12.3. The van der Waals surface area contributed by atoms with Gasteiger partial charge in [0, 0.05) is 13.1 Å². The third kappa shape index (κ3) is 2.80. The number of carboxylic acid groups (broad SMARTS) is 1. The maximum atomic E-state index is 12.3. The number of rotatable bonds is 5. The predicted molar refractivity (Wildman–Crippen MR) is 65.2 cm³/mol. The highest BCUT2D eigenvalue weighted by Gasteiger charge is 2.44. The van der Waals surface area contributed by atoms with E-state index in [0.717, 1.165) is 6.42 Å². The second-order valence-electron chi connectivity index (χ2n) is 4.73. The van der Waals surface area contributed by atoms with Crippen molar-refractivity contribution in [1.82, 2.24) is 4.31 Å². The molecule has 1 aliphatic rings. The fourth-order valence-electron chi connectivity index (χ4n) is 2.29. The van der Waals surface area contributed by atoms with Crippen LogP contribution in [0.1, 0.15) is 39.5 Å². The highest BCUT2D eigenvalue weighted by molar-refractivity contribution is 7.89. The second-order valence-corrected chi connectivity index (χ2v) is 6.94. The van der Waals surface area contributed by atoms with Gasteiger partial charge in [0.05, 0.1) is 11.2 Å². The van der Waals surface area contributed by atoms with Gasteiger partial charge >= 0.3 is 5.97 Å². The topological polar surface area (TPSA) is 74.7 Å². The van der Waals surface area contributed by atoms with Crippen molar-refractivity contribution in [2.24, 2.45) is 5.92 Å². The molecule has 0 saturated heterocycles. The van der Waals surface area contributed by atoms with E-state index in [1.54, 1.807) is 7.05 Å². The summed E-state index contributed by atoms with van der Waals surface area (Å²) < 4.78 is 26.0. The Kier molecular flexibility index (Phi) is 4.55. The molecule has 100 valence electrons. The van der Waals surface area contributed by atoms with Crippen molar-refractivity contribution in [3.63, 3.8) is 0 Å². The number of aliphatic carboxylic acids is 1. The minimum Gasteiger partial charge on any atom is -0.481 e. The fraction of sp³-hybridized carbons (Fsp3) is 0.909. The van der Waals surface area contributed by atoms with E-state index in [9.17, 15) is 13.2 Å². The highest BCUT2D eigenvalue weighted by atomic mass is 32.2. The van der Waals surface area contributed by atoms with Crippen molar-refractivity contribution < 1.29 is 18.3 Å². The number of carbonyl (C=O) groups is 1. The number of hydrogen-bond donors (Lipinski definition) is 1. The Morgan fingerprint density at radius 1 is 1.47 bits per heavy atom. The van der Waals surface area contributed by atoms with Crippen LogP contribution < -0.4 is 0 Å². The normalized spacial score (nSPS) is 27.3. The zero-order valence-electron chi connectivity index (χ0n) is 10.6. The number of sulfonamides is 1. The SMILES string of the molecule is CCC(C)N(C)S(=O)(=O)C1CCCC1C(=O)O. The van der Waals surface area contributed by atoms with E-state index in [2.05, 4.69) is 0 Å². The van der Waals surface area contributed by atoms with E-state index in [0.29, 0.717) is 19.3 Å². The van der Waals surface area contributed by atoms with Crippen LogP contribution in [0.3, 0.4) is 0 Å². The van der Waals surface area contributed by atoms with Crippen LogP contribution >= 0.6 is 0 Å². The van der Waals surface area contributed by atoms with E-state index < -0.39 is 27.2 Å². The van der Waals surface area contributed by atoms with Crippen molar-refractivity contribution in [1.29, 1.82) is 0 Å². The first-order valence-corrected chi connectivity index (χ1v) is 7.52. The van der Waals surface area contributed by atoms with Gasteiger partial charge in [-0.3, -0.25) is 4.79 Å². The molecule has 1 aliphatic carbocycles. The molecule has 1 rings (SSSR count). The molecule has 0 aromatic heterocycles. The van der Waals surface area contributed by atoms with Gasteiger partial charge in [0.25, 0.3) is 0 Å². The fourth-order valence-corrected chi connectivity index (χ4v) is 4.50. The van der Waals surface area contributed by atoms with Crippen molar-refractivity contribution in [2.75, 3.05) is 7.05 Å². The molecule has 0 bridgehead atoms. The predicted octanol–water partition coefficient (Wildman–Crippen LogP) is 1.30. The van der Waals surface area contributed by atoms with Crippen LogP contribution in [0.4, 0.5) is 0 Å². The third-order valence-corrected chi connectivity index (χ3v) is 6.26. The van der Waals surface area contributed by atoms with E-state index in [1.165, 1.54) is 4.31 Å². The maximum Gasteiger partial charge on any atom is 0.307 e. The van der Waals surface area contributed by atoms with Gasteiger partial charge in [0.1, 0.15) is 0 Å².